The van der Waals surface area contributed by atoms with Crippen molar-refractivity contribution in [3.63, 3.8) is 0 Å². The van der Waals surface area contributed by atoms with Crippen LogP contribution in [0.1, 0.15) is 25.3 Å². The van der Waals surface area contributed by atoms with E-state index in [0.29, 0.717) is 0 Å². The number of methoxy groups -OCH3 is 1. The van der Waals surface area contributed by atoms with Gasteiger partial charge in [0.2, 0.25) is 11.9 Å². The number of guanidine groups is 2. The second-order valence-corrected chi connectivity index (χ2v) is 8.77. The van der Waals surface area contributed by atoms with E-state index in [1.807, 2.05) is 36.4 Å². The molecule has 11 heteroatoms. The summed E-state index contributed by atoms with van der Waals surface area (Å²) in [6, 6.07) is 10.4. The van der Waals surface area contributed by atoms with Gasteiger partial charge in [-0.15, -0.1) is 0 Å². The molecule has 34 heavy (non-hydrogen) atoms. The largest absolute Gasteiger partial charge is 0.497 e. The van der Waals surface area contributed by atoms with Gasteiger partial charge in [-0.2, -0.15) is 9.98 Å². The number of carbonyl (C=O) groups excluding carboxylic acids is 3. The third kappa shape index (κ3) is 7.48. The number of hydrogen-bond acceptors (Lipinski definition) is 5. The average molecular weight is 487 g/mol. The van der Waals surface area contributed by atoms with Gasteiger partial charge >= 0.3 is 0 Å². The Morgan fingerprint density at radius 1 is 1.09 bits per heavy atom. The van der Waals surface area contributed by atoms with E-state index in [9.17, 15) is 14.4 Å². The molecule has 0 radical (unpaired) electrons. The first kappa shape index (κ1) is 26.7. The number of benzene rings is 2. The molecule has 0 saturated carbocycles. The van der Waals surface area contributed by atoms with Crippen molar-refractivity contribution in [3.8, 4) is 5.75 Å². The van der Waals surface area contributed by atoms with Gasteiger partial charge in [0, 0.05) is 26.8 Å². The quantitative estimate of drug-likeness (QED) is 0.393. The molecule has 10 nitrogen and oxygen atoms in total. The first-order chi connectivity index (χ1) is 16.0. The lowest BCUT2D eigenvalue weighted by Gasteiger charge is -2.16. The number of aliphatic imine (C=N–C) groups is 2. The Kier molecular flexibility index (Phi) is 9.43. The molecule has 0 spiro atoms. The number of nitrogens with zero attached hydrogens (tertiary/aromatic N) is 3. The molecule has 2 aromatic rings. The first-order valence-electron chi connectivity index (χ1n) is 10.4. The van der Waals surface area contributed by atoms with Crippen LogP contribution < -0.4 is 21.5 Å². The standard InChI is InChI=1S/C23H30N6O4S/c1-13(15-6-7-17-11-18(33-5)9-8-16(17)10-15)21(32)34-12-19(26-14(2)30)20(31)27-22(24)28-23(25)29(3)4/h6-11,13,19H,12H2,1-5H3,(H,26,30)(H4,24,25,27,28,31)/t13?,19-/m1/s1. The molecular weight excluding hydrogens is 456 g/mol. The zero-order valence-electron chi connectivity index (χ0n) is 19.9. The van der Waals surface area contributed by atoms with Crippen molar-refractivity contribution in [1.82, 2.24) is 10.2 Å². The molecule has 0 aliphatic carbocycles. The first-order valence-corrected chi connectivity index (χ1v) is 11.4. The Morgan fingerprint density at radius 2 is 1.74 bits per heavy atom. The maximum absolute atomic E-state index is 12.9. The predicted molar refractivity (Wildman–Crippen MR) is 136 cm³/mol. The number of rotatable bonds is 7. The maximum Gasteiger partial charge on any atom is 0.272 e. The van der Waals surface area contributed by atoms with Gasteiger partial charge in [0.15, 0.2) is 11.1 Å². The van der Waals surface area contributed by atoms with Crippen molar-refractivity contribution >= 4 is 51.4 Å². The molecule has 2 amide bonds. The molecule has 0 aliphatic heterocycles. The van der Waals surface area contributed by atoms with Gasteiger partial charge < -0.3 is 26.4 Å². The highest BCUT2D eigenvalue weighted by molar-refractivity contribution is 8.13. The summed E-state index contributed by atoms with van der Waals surface area (Å²) in [7, 11) is 4.92. The van der Waals surface area contributed by atoms with E-state index >= 15 is 0 Å². The molecule has 0 heterocycles. The molecule has 5 N–H and O–H groups in total. The lowest BCUT2D eigenvalue weighted by molar-refractivity contribution is -0.125. The highest BCUT2D eigenvalue weighted by Gasteiger charge is 2.24. The summed E-state index contributed by atoms with van der Waals surface area (Å²) >= 11 is 0.942. The zero-order valence-corrected chi connectivity index (χ0v) is 20.7. The lowest BCUT2D eigenvalue weighted by atomic mass is 9.99. The summed E-state index contributed by atoms with van der Waals surface area (Å²) in [6.07, 6.45) is 0. The maximum atomic E-state index is 12.9. The SMILES string of the molecule is COc1ccc2cc(C(C)C(=O)SC[C@@H](NC(C)=O)C(=O)N=C(N)/N=C(\N)N(C)C)ccc2c1. The Labute approximate surface area is 202 Å². The van der Waals surface area contributed by atoms with Crippen molar-refractivity contribution in [2.45, 2.75) is 25.8 Å². The Hall–Kier alpha value is -3.60. The van der Waals surface area contributed by atoms with E-state index in [1.165, 1.54) is 11.8 Å². The normalized spacial score (nSPS) is 13.8. The van der Waals surface area contributed by atoms with Crippen LogP contribution in [0.4, 0.5) is 0 Å². The van der Waals surface area contributed by atoms with Crippen LogP contribution in [0.25, 0.3) is 10.8 Å². The van der Waals surface area contributed by atoms with E-state index in [-0.39, 0.29) is 22.8 Å². The van der Waals surface area contributed by atoms with Gasteiger partial charge in [0.05, 0.1) is 13.0 Å². The summed E-state index contributed by atoms with van der Waals surface area (Å²) in [4.78, 5) is 46.0. The van der Waals surface area contributed by atoms with Crippen LogP contribution in [0.3, 0.4) is 0 Å². The van der Waals surface area contributed by atoms with Gasteiger partial charge in [-0.1, -0.05) is 43.0 Å². The predicted octanol–water partition coefficient (Wildman–Crippen LogP) is 1.43. The number of carbonyl (C=O) groups is 3. The molecule has 0 aromatic heterocycles. The fourth-order valence-electron chi connectivity index (χ4n) is 2.92. The third-order valence-electron chi connectivity index (χ3n) is 4.90. The Bertz CT molecular complexity index is 1130. The van der Waals surface area contributed by atoms with Crippen molar-refractivity contribution < 1.29 is 19.1 Å². The van der Waals surface area contributed by atoms with Crippen molar-refractivity contribution in [1.29, 1.82) is 0 Å². The second-order valence-electron chi connectivity index (χ2n) is 7.75. The molecular formula is C23H30N6O4S. The average Bonchev–Trinajstić information content (AvgIpc) is 2.79. The van der Waals surface area contributed by atoms with E-state index in [1.54, 1.807) is 28.1 Å². The minimum absolute atomic E-state index is 0.00394. The van der Waals surface area contributed by atoms with Gasteiger partial charge in [-0.3, -0.25) is 14.4 Å². The number of hydrogen-bond donors (Lipinski definition) is 3. The van der Waals surface area contributed by atoms with Gasteiger partial charge in [-0.05, 0) is 28.5 Å². The fraction of sp³-hybridized carbons (Fsp3) is 0.348. The number of nitrogens with two attached hydrogens (primary N) is 2. The monoisotopic (exact) mass is 486 g/mol. The Balaban J connectivity index is 2.11. The summed E-state index contributed by atoms with van der Waals surface area (Å²) in [5.74, 6) is -1.11. The topological polar surface area (TPSA) is 152 Å². The molecule has 0 aliphatic rings. The number of nitrogens with one attached hydrogen (secondary N) is 1. The second kappa shape index (κ2) is 12.0. The van der Waals surface area contributed by atoms with Gasteiger partial charge in [0.1, 0.15) is 11.8 Å². The van der Waals surface area contributed by atoms with Crippen molar-refractivity contribution in [2.75, 3.05) is 27.0 Å². The van der Waals surface area contributed by atoms with Crippen LogP contribution in [0.2, 0.25) is 0 Å². The van der Waals surface area contributed by atoms with Crippen LogP contribution in [0.5, 0.6) is 5.75 Å². The summed E-state index contributed by atoms with van der Waals surface area (Å²) in [6.45, 7) is 3.07. The van der Waals surface area contributed by atoms with Crippen LogP contribution in [-0.2, 0) is 14.4 Å². The van der Waals surface area contributed by atoms with E-state index in [2.05, 4.69) is 15.3 Å². The summed E-state index contributed by atoms with van der Waals surface area (Å²) < 4.78 is 5.25. The molecule has 0 bridgehead atoms. The molecule has 2 atom stereocenters. The van der Waals surface area contributed by atoms with Gasteiger partial charge in [-0.25, -0.2) is 0 Å². The number of thioether (sulfide) groups is 1. The highest BCUT2D eigenvalue weighted by Crippen LogP contribution is 2.28. The lowest BCUT2D eigenvalue weighted by Crippen LogP contribution is -2.42. The number of amides is 2. The summed E-state index contributed by atoms with van der Waals surface area (Å²) in [5.41, 5.74) is 12.2. The van der Waals surface area contributed by atoms with Crippen LogP contribution in [0.15, 0.2) is 46.4 Å². The fourth-order valence-corrected chi connectivity index (χ4v) is 3.86. The van der Waals surface area contributed by atoms with E-state index in [0.717, 1.165) is 33.8 Å². The van der Waals surface area contributed by atoms with E-state index in [4.69, 9.17) is 16.2 Å². The number of fused-ring (bicyclic) bond motifs is 1. The summed E-state index contributed by atoms with van der Waals surface area (Å²) in [5, 5.41) is 4.34. The number of ether oxygens (including phenoxy) is 1. The van der Waals surface area contributed by atoms with Crippen LogP contribution >= 0.6 is 11.8 Å². The zero-order chi connectivity index (χ0) is 25.4. The smallest absolute Gasteiger partial charge is 0.272 e. The molecule has 2 rings (SSSR count). The highest BCUT2D eigenvalue weighted by atomic mass is 32.2. The Morgan fingerprint density at radius 3 is 2.35 bits per heavy atom. The van der Waals surface area contributed by atoms with Gasteiger partial charge in [0.25, 0.3) is 5.91 Å². The minimum atomic E-state index is -1.04. The third-order valence-corrected chi connectivity index (χ3v) is 6.04. The molecule has 1 unspecified atom stereocenters. The van der Waals surface area contributed by atoms with Crippen molar-refractivity contribution in [2.24, 2.45) is 21.5 Å². The molecule has 0 saturated heterocycles. The van der Waals surface area contributed by atoms with Crippen molar-refractivity contribution in [3.05, 3.63) is 42.0 Å². The molecule has 0 fully saturated rings. The van der Waals surface area contributed by atoms with Crippen LogP contribution in [-0.4, -0.2) is 66.7 Å². The molecule has 2 aromatic carbocycles. The molecule has 182 valence electrons. The van der Waals surface area contributed by atoms with E-state index < -0.39 is 23.8 Å². The van der Waals surface area contributed by atoms with Crippen LogP contribution in [0, 0.1) is 0 Å². The minimum Gasteiger partial charge on any atom is -0.497 e.